The SMILES string of the molecule is CC(C)C(=O)Nc1ccc(C(=O)[C@@H](C)OC(=O)c2cccc(-n3cnnn3)c2)cc1. The van der Waals surface area contributed by atoms with Crippen molar-refractivity contribution in [1.29, 1.82) is 0 Å². The van der Waals surface area contributed by atoms with Gasteiger partial charge in [-0.05, 0) is 59.8 Å². The van der Waals surface area contributed by atoms with E-state index in [1.54, 1.807) is 62.4 Å². The molecule has 0 saturated heterocycles. The molecule has 1 atom stereocenters. The molecule has 30 heavy (non-hydrogen) atoms. The Hall–Kier alpha value is -3.88. The predicted octanol–water partition coefficient (Wildman–Crippen LogP) is 2.69. The van der Waals surface area contributed by atoms with Gasteiger partial charge in [-0.3, -0.25) is 9.59 Å². The first-order valence-electron chi connectivity index (χ1n) is 9.34. The fraction of sp³-hybridized carbons (Fsp3) is 0.238. The Morgan fingerprint density at radius 1 is 1.00 bits per heavy atom. The summed E-state index contributed by atoms with van der Waals surface area (Å²) in [5, 5.41) is 13.6. The van der Waals surface area contributed by atoms with Crippen LogP contribution in [-0.4, -0.2) is 44.0 Å². The monoisotopic (exact) mass is 407 g/mol. The smallest absolute Gasteiger partial charge is 0.338 e. The summed E-state index contributed by atoms with van der Waals surface area (Å²) >= 11 is 0. The Morgan fingerprint density at radius 3 is 2.37 bits per heavy atom. The highest BCUT2D eigenvalue weighted by Crippen LogP contribution is 2.15. The zero-order valence-corrected chi connectivity index (χ0v) is 16.8. The number of nitrogens with one attached hydrogen (secondary N) is 1. The second-order valence-electron chi connectivity index (χ2n) is 6.94. The van der Waals surface area contributed by atoms with Crippen molar-refractivity contribution in [1.82, 2.24) is 20.2 Å². The third-order valence-corrected chi connectivity index (χ3v) is 4.31. The van der Waals surface area contributed by atoms with Gasteiger partial charge in [0.2, 0.25) is 11.7 Å². The van der Waals surface area contributed by atoms with Gasteiger partial charge in [0, 0.05) is 17.2 Å². The van der Waals surface area contributed by atoms with E-state index in [-0.39, 0.29) is 23.2 Å². The molecule has 2 aromatic carbocycles. The summed E-state index contributed by atoms with van der Waals surface area (Å²) in [6, 6.07) is 13.0. The predicted molar refractivity (Wildman–Crippen MR) is 108 cm³/mol. The van der Waals surface area contributed by atoms with Gasteiger partial charge in [-0.25, -0.2) is 9.48 Å². The van der Waals surface area contributed by atoms with Gasteiger partial charge in [-0.1, -0.05) is 19.9 Å². The lowest BCUT2D eigenvalue weighted by atomic mass is 10.1. The van der Waals surface area contributed by atoms with Gasteiger partial charge in [-0.15, -0.1) is 5.10 Å². The van der Waals surface area contributed by atoms with E-state index in [0.717, 1.165) is 0 Å². The highest BCUT2D eigenvalue weighted by molar-refractivity contribution is 6.02. The van der Waals surface area contributed by atoms with Crippen LogP contribution in [0.15, 0.2) is 54.9 Å². The van der Waals surface area contributed by atoms with E-state index in [1.807, 2.05) is 0 Å². The average molecular weight is 407 g/mol. The van der Waals surface area contributed by atoms with Crippen LogP contribution in [-0.2, 0) is 9.53 Å². The summed E-state index contributed by atoms with van der Waals surface area (Å²) < 4.78 is 6.74. The molecule has 1 heterocycles. The number of ketones is 1. The highest BCUT2D eigenvalue weighted by atomic mass is 16.5. The van der Waals surface area contributed by atoms with Gasteiger partial charge in [0.05, 0.1) is 11.3 Å². The molecule has 0 unspecified atom stereocenters. The number of carbonyl (C=O) groups is 3. The van der Waals surface area contributed by atoms with E-state index in [2.05, 4.69) is 20.8 Å². The zero-order valence-electron chi connectivity index (χ0n) is 16.8. The van der Waals surface area contributed by atoms with Crippen molar-refractivity contribution in [2.24, 2.45) is 5.92 Å². The zero-order chi connectivity index (χ0) is 21.7. The number of rotatable bonds is 7. The topological polar surface area (TPSA) is 116 Å². The van der Waals surface area contributed by atoms with Crippen molar-refractivity contribution in [3.63, 3.8) is 0 Å². The molecule has 0 bridgehead atoms. The number of aromatic nitrogens is 4. The molecule has 0 aliphatic heterocycles. The number of amides is 1. The molecule has 0 spiro atoms. The maximum absolute atomic E-state index is 12.6. The third kappa shape index (κ3) is 4.93. The van der Waals surface area contributed by atoms with E-state index in [0.29, 0.717) is 16.9 Å². The number of nitrogens with zero attached hydrogens (tertiary/aromatic N) is 4. The molecule has 9 nitrogen and oxygen atoms in total. The van der Waals surface area contributed by atoms with Crippen LogP contribution >= 0.6 is 0 Å². The number of hydrogen-bond donors (Lipinski definition) is 1. The van der Waals surface area contributed by atoms with E-state index in [9.17, 15) is 14.4 Å². The quantitative estimate of drug-likeness (QED) is 0.473. The largest absolute Gasteiger partial charge is 0.451 e. The Bertz CT molecular complexity index is 1050. The molecule has 1 N–H and O–H groups in total. The molecule has 0 aliphatic carbocycles. The highest BCUT2D eigenvalue weighted by Gasteiger charge is 2.21. The van der Waals surface area contributed by atoms with Crippen molar-refractivity contribution < 1.29 is 19.1 Å². The Balaban J connectivity index is 1.65. The Kier molecular flexibility index (Phi) is 6.31. The van der Waals surface area contributed by atoms with Crippen LogP contribution in [0.3, 0.4) is 0 Å². The van der Waals surface area contributed by atoms with Crippen LogP contribution in [0.1, 0.15) is 41.5 Å². The van der Waals surface area contributed by atoms with Crippen LogP contribution in [0.5, 0.6) is 0 Å². The van der Waals surface area contributed by atoms with Crippen LogP contribution in [0.25, 0.3) is 5.69 Å². The van der Waals surface area contributed by atoms with E-state index < -0.39 is 12.1 Å². The molecule has 1 aromatic heterocycles. The lowest BCUT2D eigenvalue weighted by molar-refractivity contribution is -0.118. The van der Waals surface area contributed by atoms with Crippen LogP contribution < -0.4 is 5.32 Å². The maximum Gasteiger partial charge on any atom is 0.338 e. The molecule has 0 fully saturated rings. The fourth-order valence-corrected chi connectivity index (χ4v) is 2.58. The number of benzene rings is 2. The van der Waals surface area contributed by atoms with Gasteiger partial charge in [0.15, 0.2) is 6.10 Å². The summed E-state index contributed by atoms with van der Waals surface area (Å²) in [5.74, 6) is -1.24. The van der Waals surface area contributed by atoms with Crippen molar-refractivity contribution >= 4 is 23.3 Å². The first-order chi connectivity index (χ1) is 14.3. The Labute approximate surface area is 173 Å². The molecule has 154 valence electrons. The summed E-state index contributed by atoms with van der Waals surface area (Å²) in [7, 11) is 0. The molecule has 3 rings (SSSR count). The number of tetrazole rings is 1. The van der Waals surface area contributed by atoms with Crippen LogP contribution in [0.2, 0.25) is 0 Å². The molecular formula is C21H21N5O4. The molecule has 0 saturated carbocycles. The van der Waals surface area contributed by atoms with E-state index >= 15 is 0 Å². The van der Waals surface area contributed by atoms with Gasteiger partial charge < -0.3 is 10.1 Å². The standard InChI is InChI=1S/C21H21N5O4/c1-13(2)20(28)23-17-9-7-15(8-10-17)19(27)14(3)30-21(29)16-5-4-6-18(11-16)26-12-22-24-25-26/h4-14H,1-3H3,(H,23,28)/t14-/m1/s1. The molecular weight excluding hydrogens is 386 g/mol. The molecule has 9 heteroatoms. The molecule has 3 aromatic rings. The number of esters is 1. The lowest BCUT2D eigenvalue weighted by Gasteiger charge is -2.13. The maximum atomic E-state index is 12.6. The minimum atomic E-state index is -0.981. The number of carbonyl (C=O) groups excluding carboxylic acids is 3. The third-order valence-electron chi connectivity index (χ3n) is 4.31. The van der Waals surface area contributed by atoms with Gasteiger partial charge in [0.1, 0.15) is 6.33 Å². The average Bonchev–Trinajstić information content (AvgIpc) is 3.28. The first kappa shape index (κ1) is 20.8. The normalized spacial score (nSPS) is 11.7. The summed E-state index contributed by atoms with van der Waals surface area (Å²) in [6.45, 7) is 5.10. The van der Waals surface area contributed by atoms with Crippen LogP contribution in [0, 0.1) is 5.92 Å². The number of hydrogen-bond acceptors (Lipinski definition) is 7. The van der Waals surface area contributed by atoms with Crippen molar-refractivity contribution in [2.45, 2.75) is 26.9 Å². The Morgan fingerprint density at radius 2 is 1.73 bits per heavy atom. The second-order valence-corrected chi connectivity index (χ2v) is 6.94. The molecule has 1 amide bonds. The van der Waals surface area contributed by atoms with Gasteiger partial charge in [-0.2, -0.15) is 0 Å². The van der Waals surface area contributed by atoms with Crippen molar-refractivity contribution in [3.05, 3.63) is 66.0 Å². The number of anilines is 1. The second kappa shape index (κ2) is 9.08. The first-order valence-corrected chi connectivity index (χ1v) is 9.34. The fourth-order valence-electron chi connectivity index (χ4n) is 2.58. The summed E-state index contributed by atoms with van der Waals surface area (Å²) in [4.78, 5) is 36.8. The minimum Gasteiger partial charge on any atom is -0.451 e. The number of Topliss-reactive ketones (excluding diaryl/α,β-unsaturated/α-hetero) is 1. The molecule has 0 radical (unpaired) electrons. The van der Waals surface area contributed by atoms with E-state index in [1.165, 1.54) is 17.9 Å². The van der Waals surface area contributed by atoms with Gasteiger partial charge in [0.25, 0.3) is 0 Å². The van der Waals surface area contributed by atoms with E-state index in [4.69, 9.17) is 4.74 Å². The van der Waals surface area contributed by atoms with Crippen molar-refractivity contribution in [2.75, 3.05) is 5.32 Å². The van der Waals surface area contributed by atoms with Crippen molar-refractivity contribution in [3.8, 4) is 5.69 Å². The lowest BCUT2D eigenvalue weighted by Crippen LogP contribution is -2.24. The van der Waals surface area contributed by atoms with Gasteiger partial charge >= 0.3 is 5.97 Å². The van der Waals surface area contributed by atoms with Crippen LogP contribution in [0.4, 0.5) is 5.69 Å². The molecule has 0 aliphatic rings. The number of ether oxygens (including phenoxy) is 1. The summed E-state index contributed by atoms with van der Waals surface area (Å²) in [5.41, 5.74) is 1.83. The summed E-state index contributed by atoms with van der Waals surface area (Å²) in [6.07, 6.45) is 0.425. The minimum absolute atomic E-state index is 0.111.